The molecule has 5 nitrogen and oxygen atoms in total. The summed E-state index contributed by atoms with van der Waals surface area (Å²) in [6.45, 7) is 0. The second-order valence-electron chi connectivity index (χ2n) is 3.45. The lowest BCUT2D eigenvalue weighted by atomic mass is 10.2. The quantitative estimate of drug-likeness (QED) is 0.626. The highest BCUT2D eigenvalue weighted by atomic mass is 15.3. The number of fused-ring (bicyclic) bond motifs is 1. The third kappa shape index (κ3) is 1.43. The van der Waals surface area contributed by atoms with Gasteiger partial charge in [0.2, 0.25) is 0 Å². The van der Waals surface area contributed by atoms with E-state index in [4.69, 9.17) is 5.26 Å². The smallest absolute Gasteiger partial charge is 0.173 e. The van der Waals surface area contributed by atoms with Gasteiger partial charge in [0, 0.05) is 12.4 Å². The molecule has 0 amide bonds. The molecule has 0 saturated carbocycles. The van der Waals surface area contributed by atoms with Gasteiger partial charge in [-0.3, -0.25) is 4.98 Å². The lowest BCUT2D eigenvalue weighted by Crippen LogP contribution is -1.96. The van der Waals surface area contributed by atoms with Crippen LogP contribution in [0.3, 0.4) is 0 Å². The minimum atomic E-state index is 0.461. The first kappa shape index (κ1) is 9.48. The molecule has 0 aliphatic heterocycles. The van der Waals surface area contributed by atoms with Crippen LogP contribution in [0.25, 0.3) is 17.0 Å². The highest BCUT2D eigenvalue weighted by molar-refractivity contribution is 5.62. The standard InChI is InChI=1S/C12H7N5/c13-7-9-8-16-17-11(4-6-15-12(9)17)10-3-1-2-5-14-10/h1-6,8H. The molecule has 5 heteroatoms. The topological polar surface area (TPSA) is 66.9 Å². The number of aromatic nitrogens is 4. The number of nitrogens with zero attached hydrogens (tertiary/aromatic N) is 5. The molecule has 0 N–H and O–H groups in total. The van der Waals surface area contributed by atoms with Crippen LogP contribution in [0, 0.1) is 11.3 Å². The minimum Gasteiger partial charge on any atom is -0.255 e. The molecule has 0 atom stereocenters. The second-order valence-corrected chi connectivity index (χ2v) is 3.45. The fraction of sp³-hybridized carbons (Fsp3) is 0. The Bertz CT molecular complexity index is 709. The van der Waals surface area contributed by atoms with Crippen LogP contribution in [0.2, 0.25) is 0 Å². The highest BCUT2D eigenvalue weighted by Crippen LogP contribution is 2.17. The van der Waals surface area contributed by atoms with Gasteiger partial charge in [0.05, 0.1) is 17.6 Å². The predicted molar refractivity (Wildman–Crippen MR) is 60.9 cm³/mol. The van der Waals surface area contributed by atoms with Crippen molar-refractivity contribution in [3.63, 3.8) is 0 Å². The third-order valence-corrected chi connectivity index (χ3v) is 2.45. The molecule has 0 spiro atoms. The Labute approximate surface area is 97.0 Å². The molecule has 0 aliphatic carbocycles. The summed E-state index contributed by atoms with van der Waals surface area (Å²) in [6.07, 6.45) is 4.88. The van der Waals surface area contributed by atoms with Gasteiger partial charge in [0.25, 0.3) is 0 Å². The van der Waals surface area contributed by atoms with Gasteiger partial charge in [-0.1, -0.05) is 6.07 Å². The summed E-state index contributed by atoms with van der Waals surface area (Å²) in [7, 11) is 0. The molecule has 0 unspecified atom stereocenters. The first-order valence-electron chi connectivity index (χ1n) is 5.04. The van der Waals surface area contributed by atoms with E-state index in [0.29, 0.717) is 11.2 Å². The van der Waals surface area contributed by atoms with E-state index in [9.17, 15) is 0 Å². The highest BCUT2D eigenvalue weighted by Gasteiger charge is 2.09. The Morgan fingerprint density at radius 3 is 2.82 bits per heavy atom. The Morgan fingerprint density at radius 2 is 2.06 bits per heavy atom. The molecule has 3 rings (SSSR count). The summed E-state index contributed by atoms with van der Waals surface area (Å²) in [6, 6.07) is 9.54. The largest absolute Gasteiger partial charge is 0.255 e. The Balaban J connectivity index is 2.32. The number of pyridine rings is 1. The predicted octanol–water partition coefficient (Wildman–Crippen LogP) is 1.66. The van der Waals surface area contributed by atoms with E-state index in [1.807, 2.05) is 24.3 Å². The molecular weight excluding hydrogens is 214 g/mol. The van der Waals surface area contributed by atoms with Crippen LogP contribution in [-0.4, -0.2) is 19.6 Å². The van der Waals surface area contributed by atoms with Crippen molar-refractivity contribution in [2.45, 2.75) is 0 Å². The lowest BCUT2D eigenvalue weighted by Gasteiger charge is -2.02. The van der Waals surface area contributed by atoms with Crippen molar-refractivity contribution in [2.75, 3.05) is 0 Å². The summed E-state index contributed by atoms with van der Waals surface area (Å²) in [5, 5.41) is 13.1. The Morgan fingerprint density at radius 1 is 1.12 bits per heavy atom. The molecule has 0 aromatic carbocycles. The molecule has 3 aromatic heterocycles. The van der Waals surface area contributed by atoms with E-state index < -0.39 is 0 Å². The number of rotatable bonds is 1. The molecule has 17 heavy (non-hydrogen) atoms. The van der Waals surface area contributed by atoms with Crippen molar-refractivity contribution >= 4 is 5.65 Å². The van der Waals surface area contributed by atoms with Crippen molar-refractivity contribution < 1.29 is 0 Å². The van der Waals surface area contributed by atoms with Crippen LogP contribution in [0.1, 0.15) is 5.56 Å². The Hall–Kier alpha value is -2.74. The van der Waals surface area contributed by atoms with Gasteiger partial charge in [-0.15, -0.1) is 0 Å². The molecule has 0 aliphatic rings. The van der Waals surface area contributed by atoms with E-state index in [2.05, 4.69) is 21.1 Å². The zero-order chi connectivity index (χ0) is 11.7. The lowest BCUT2D eigenvalue weighted by molar-refractivity contribution is 0.942. The van der Waals surface area contributed by atoms with E-state index in [-0.39, 0.29) is 0 Å². The maximum absolute atomic E-state index is 8.93. The van der Waals surface area contributed by atoms with Crippen LogP contribution in [0.5, 0.6) is 0 Å². The van der Waals surface area contributed by atoms with Gasteiger partial charge in [-0.05, 0) is 18.2 Å². The first-order valence-corrected chi connectivity index (χ1v) is 5.04. The summed E-state index contributed by atoms with van der Waals surface area (Å²) in [5.41, 5.74) is 2.63. The summed E-state index contributed by atoms with van der Waals surface area (Å²) in [4.78, 5) is 8.41. The monoisotopic (exact) mass is 221 g/mol. The number of nitriles is 1. The maximum Gasteiger partial charge on any atom is 0.173 e. The zero-order valence-electron chi connectivity index (χ0n) is 8.78. The van der Waals surface area contributed by atoms with Gasteiger partial charge in [-0.25, -0.2) is 9.50 Å². The summed E-state index contributed by atoms with van der Waals surface area (Å²) in [5.74, 6) is 0. The van der Waals surface area contributed by atoms with Crippen molar-refractivity contribution in [1.82, 2.24) is 19.6 Å². The van der Waals surface area contributed by atoms with E-state index in [1.165, 1.54) is 6.20 Å². The van der Waals surface area contributed by atoms with E-state index in [0.717, 1.165) is 11.4 Å². The normalized spacial score (nSPS) is 10.3. The molecule has 0 radical (unpaired) electrons. The minimum absolute atomic E-state index is 0.461. The molecular formula is C12H7N5. The van der Waals surface area contributed by atoms with Gasteiger partial charge in [-0.2, -0.15) is 10.4 Å². The number of hydrogen-bond donors (Lipinski definition) is 0. The molecule has 0 saturated heterocycles. The SMILES string of the molecule is N#Cc1cnn2c(-c3ccccn3)ccnc12. The third-order valence-electron chi connectivity index (χ3n) is 2.45. The van der Waals surface area contributed by atoms with Gasteiger partial charge in [0.1, 0.15) is 11.6 Å². The van der Waals surface area contributed by atoms with Crippen LogP contribution in [0.4, 0.5) is 0 Å². The average molecular weight is 221 g/mol. The van der Waals surface area contributed by atoms with Crippen LogP contribution in [0.15, 0.2) is 42.9 Å². The second kappa shape index (κ2) is 3.68. The molecule has 0 fully saturated rings. The van der Waals surface area contributed by atoms with Crippen LogP contribution >= 0.6 is 0 Å². The van der Waals surface area contributed by atoms with Crippen molar-refractivity contribution in [1.29, 1.82) is 5.26 Å². The van der Waals surface area contributed by atoms with Gasteiger partial charge in [0.15, 0.2) is 5.65 Å². The fourth-order valence-corrected chi connectivity index (χ4v) is 1.68. The average Bonchev–Trinajstić information content (AvgIpc) is 2.82. The molecule has 3 heterocycles. The van der Waals surface area contributed by atoms with Crippen molar-refractivity contribution in [2.24, 2.45) is 0 Å². The zero-order valence-corrected chi connectivity index (χ0v) is 8.78. The molecule has 0 bridgehead atoms. The maximum atomic E-state index is 8.93. The fourth-order valence-electron chi connectivity index (χ4n) is 1.68. The Kier molecular flexibility index (Phi) is 2.06. The molecule has 3 aromatic rings. The summed E-state index contributed by atoms with van der Waals surface area (Å²) >= 11 is 0. The van der Waals surface area contributed by atoms with Crippen molar-refractivity contribution in [3.05, 3.63) is 48.4 Å². The summed E-state index contributed by atoms with van der Waals surface area (Å²) < 4.78 is 1.63. The van der Waals surface area contributed by atoms with Crippen molar-refractivity contribution in [3.8, 4) is 17.5 Å². The van der Waals surface area contributed by atoms with E-state index >= 15 is 0 Å². The molecule has 80 valence electrons. The number of hydrogen-bond acceptors (Lipinski definition) is 4. The van der Waals surface area contributed by atoms with Gasteiger partial charge >= 0.3 is 0 Å². The van der Waals surface area contributed by atoms with Crippen LogP contribution < -0.4 is 0 Å². The van der Waals surface area contributed by atoms with Gasteiger partial charge < -0.3 is 0 Å². The van der Waals surface area contributed by atoms with Crippen LogP contribution in [-0.2, 0) is 0 Å². The van der Waals surface area contributed by atoms with E-state index in [1.54, 1.807) is 16.9 Å². The first-order chi connectivity index (χ1) is 8.40.